The summed E-state index contributed by atoms with van der Waals surface area (Å²) in [4.78, 5) is 12.2. The average Bonchev–Trinajstić information content (AvgIpc) is 2.27. The van der Waals surface area contributed by atoms with E-state index in [0.717, 1.165) is 0 Å². The Morgan fingerprint density at radius 1 is 1.18 bits per heavy atom. The van der Waals surface area contributed by atoms with Crippen LogP contribution in [-0.2, 0) is 16.0 Å². The molecule has 0 unspecified atom stereocenters. The molecule has 0 fully saturated rings. The van der Waals surface area contributed by atoms with E-state index in [2.05, 4.69) is 0 Å². The van der Waals surface area contributed by atoms with E-state index in [9.17, 15) is 18.0 Å². The molecule has 1 aromatic rings. The van der Waals surface area contributed by atoms with Crippen molar-refractivity contribution in [1.82, 2.24) is 0 Å². The molecule has 0 aliphatic rings. The number of nitrogens with two attached hydrogens (primary N) is 1. The number of carbonyl (C=O) groups is 1. The van der Waals surface area contributed by atoms with Crippen molar-refractivity contribution < 1.29 is 22.7 Å². The van der Waals surface area contributed by atoms with Gasteiger partial charge in [0.2, 0.25) is 0 Å². The molecule has 0 saturated heterocycles. The monoisotopic (exact) mass is 337 g/mol. The lowest BCUT2D eigenvalue weighted by atomic mass is 9.88. The van der Waals surface area contributed by atoms with Crippen molar-refractivity contribution in [2.75, 3.05) is 0 Å². The molecule has 0 aromatic heterocycles. The Bertz CT molecular complexity index is 523. The van der Waals surface area contributed by atoms with Gasteiger partial charge in [0, 0.05) is 11.4 Å². The van der Waals surface area contributed by atoms with Gasteiger partial charge in [-0.25, -0.2) is 0 Å². The lowest BCUT2D eigenvalue weighted by Gasteiger charge is -2.32. The molecule has 3 nitrogen and oxygen atoms in total. The second-order valence-electron chi connectivity index (χ2n) is 6.25. The summed E-state index contributed by atoms with van der Waals surface area (Å²) in [7, 11) is 0. The van der Waals surface area contributed by atoms with Gasteiger partial charge < -0.3 is 10.5 Å². The molecule has 7 heteroatoms. The van der Waals surface area contributed by atoms with Gasteiger partial charge in [0.05, 0.1) is 6.42 Å². The van der Waals surface area contributed by atoms with Crippen molar-refractivity contribution >= 4 is 17.6 Å². The molecule has 0 saturated carbocycles. The van der Waals surface area contributed by atoms with Crippen LogP contribution in [0.15, 0.2) is 24.3 Å². The van der Waals surface area contributed by atoms with Crippen molar-refractivity contribution in [1.29, 1.82) is 0 Å². The first-order valence-electron chi connectivity index (χ1n) is 6.64. The van der Waals surface area contributed by atoms with Gasteiger partial charge in [0.25, 0.3) is 0 Å². The highest BCUT2D eigenvalue weighted by molar-refractivity contribution is 6.30. The summed E-state index contributed by atoms with van der Waals surface area (Å²) in [5, 5.41) is 0.444. The third kappa shape index (κ3) is 6.23. The maximum absolute atomic E-state index is 12.8. The summed E-state index contributed by atoms with van der Waals surface area (Å²) in [6.07, 6.45) is -6.34. The Morgan fingerprint density at radius 3 is 2.09 bits per heavy atom. The summed E-state index contributed by atoms with van der Waals surface area (Å²) in [6.45, 7) is 4.71. The number of hydrogen-bond donors (Lipinski definition) is 1. The quantitative estimate of drug-likeness (QED) is 0.848. The fourth-order valence-electron chi connectivity index (χ4n) is 1.91. The first-order valence-corrected chi connectivity index (χ1v) is 7.02. The number of carbonyl (C=O) groups excluding carboxylic acids is 1. The summed E-state index contributed by atoms with van der Waals surface area (Å²) < 4.78 is 43.5. The molecule has 0 spiro atoms. The standard InChI is InChI=1S/C15H19ClF3NO2/c1-13(2,3)22-12(21)14(20,9-15(17,18)19)8-10-4-6-11(16)7-5-10/h4-7H,8-9,20H2,1-3H3/t14-/m0/s1. The zero-order valence-corrected chi connectivity index (χ0v) is 13.4. The van der Waals surface area contributed by atoms with Crippen LogP contribution in [0.2, 0.25) is 5.02 Å². The highest BCUT2D eigenvalue weighted by atomic mass is 35.5. The van der Waals surface area contributed by atoms with Crippen molar-refractivity contribution in [3.05, 3.63) is 34.9 Å². The number of rotatable bonds is 4. The fourth-order valence-corrected chi connectivity index (χ4v) is 2.04. The minimum Gasteiger partial charge on any atom is -0.459 e. The van der Waals surface area contributed by atoms with Gasteiger partial charge in [-0.1, -0.05) is 23.7 Å². The van der Waals surface area contributed by atoms with Crippen LogP contribution in [0, 0.1) is 0 Å². The van der Waals surface area contributed by atoms with Gasteiger partial charge in [0.15, 0.2) is 0 Å². The minimum absolute atomic E-state index is 0.293. The van der Waals surface area contributed by atoms with Crippen molar-refractivity contribution in [3.63, 3.8) is 0 Å². The average molecular weight is 338 g/mol. The summed E-state index contributed by atoms with van der Waals surface area (Å²) >= 11 is 5.74. The topological polar surface area (TPSA) is 52.3 Å². The molecule has 0 amide bonds. The van der Waals surface area contributed by atoms with Gasteiger partial charge in [-0.3, -0.25) is 4.79 Å². The smallest absolute Gasteiger partial charge is 0.391 e. The second-order valence-corrected chi connectivity index (χ2v) is 6.69. The van der Waals surface area contributed by atoms with Crippen molar-refractivity contribution in [3.8, 4) is 0 Å². The van der Waals surface area contributed by atoms with Gasteiger partial charge in [-0.2, -0.15) is 13.2 Å². The van der Waals surface area contributed by atoms with Crippen LogP contribution in [0.3, 0.4) is 0 Å². The Morgan fingerprint density at radius 2 is 1.68 bits per heavy atom. The predicted octanol–water partition coefficient (Wildman–Crippen LogP) is 3.87. The fraction of sp³-hybridized carbons (Fsp3) is 0.533. The first-order chi connectivity index (χ1) is 9.81. The number of ether oxygens (including phenoxy) is 1. The van der Waals surface area contributed by atoms with E-state index in [1.807, 2.05) is 0 Å². The van der Waals surface area contributed by atoms with Crippen LogP contribution >= 0.6 is 11.6 Å². The Balaban J connectivity index is 3.05. The Labute approximate surface area is 132 Å². The Kier molecular flexibility index (Phi) is 5.51. The van der Waals surface area contributed by atoms with E-state index in [4.69, 9.17) is 22.1 Å². The number of hydrogen-bond acceptors (Lipinski definition) is 3. The van der Waals surface area contributed by atoms with Crippen LogP contribution in [0.1, 0.15) is 32.8 Å². The third-order valence-electron chi connectivity index (χ3n) is 2.75. The lowest BCUT2D eigenvalue weighted by molar-refractivity contribution is -0.179. The van der Waals surface area contributed by atoms with Crippen LogP contribution in [0.4, 0.5) is 13.2 Å². The molecule has 0 aliphatic carbocycles. The largest absolute Gasteiger partial charge is 0.459 e. The minimum atomic E-state index is -4.59. The summed E-state index contributed by atoms with van der Waals surface area (Å²) in [5.74, 6) is -1.08. The van der Waals surface area contributed by atoms with Crippen molar-refractivity contribution in [2.24, 2.45) is 5.73 Å². The second kappa shape index (κ2) is 6.46. The summed E-state index contributed by atoms with van der Waals surface area (Å²) in [5.41, 5.74) is 3.15. The highest BCUT2D eigenvalue weighted by Gasteiger charge is 2.47. The normalized spacial score (nSPS) is 15.3. The van der Waals surface area contributed by atoms with Crippen LogP contribution in [0.5, 0.6) is 0 Å². The van der Waals surface area contributed by atoms with E-state index >= 15 is 0 Å². The maximum Gasteiger partial charge on any atom is 0.391 e. The maximum atomic E-state index is 12.8. The van der Waals surface area contributed by atoms with E-state index in [1.165, 1.54) is 24.3 Å². The van der Waals surface area contributed by atoms with E-state index < -0.39 is 29.7 Å². The molecule has 0 radical (unpaired) electrons. The molecular formula is C15H19ClF3NO2. The number of halogens is 4. The van der Waals surface area contributed by atoms with E-state index in [1.54, 1.807) is 20.8 Å². The summed E-state index contributed by atoms with van der Waals surface area (Å²) in [6, 6.07) is 6.12. The molecule has 22 heavy (non-hydrogen) atoms. The van der Waals surface area contributed by atoms with Crippen LogP contribution in [-0.4, -0.2) is 23.3 Å². The molecule has 1 atom stereocenters. The van der Waals surface area contributed by atoms with E-state index in [0.29, 0.717) is 10.6 Å². The van der Waals surface area contributed by atoms with Gasteiger partial charge in [-0.15, -0.1) is 0 Å². The highest BCUT2D eigenvalue weighted by Crippen LogP contribution is 2.30. The van der Waals surface area contributed by atoms with Crippen molar-refractivity contribution in [2.45, 2.75) is 50.9 Å². The zero-order chi connectivity index (χ0) is 17.2. The Hall–Kier alpha value is -1.27. The number of esters is 1. The van der Waals surface area contributed by atoms with Gasteiger partial charge in [0.1, 0.15) is 11.1 Å². The molecule has 0 aliphatic heterocycles. The molecular weight excluding hydrogens is 319 g/mol. The molecule has 2 N–H and O–H groups in total. The van der Waals surface area contributed by atoms with Gasteiger partial charge >= 0.3 is 12.1 Å². The number of benzene rings is 1. The molecule has 1 aromatic carbocycles. The third-order valence-corrected chi connectivity index (χ3v) is 3.01. The van der Waals surface area contributed by atoms with Crippen LogP contribution < -0.4 is 5.73 Å². The lowest BCUT2D eigenvalue weighted by Crippen LogP contribution is -2.55. The predicted molar refractivity (Wildman–Crippen MR) is 78.6 cm³/mol. The molecule has 0 bridgehead atoms. The molecule has 0 heterocycles. The van der Waals surface area contributed by atoms with Crippen LogP contribution in [0.25, 0.3) is 0 Å². The number of alkyl halides is 3. The molecule has 1 rings (SSSR count). The zero-order valence-electron chi connectivity index (χ0n) is 12.6. The SMILES string of the molecule is CC(C)(C)OC(=O)[C@](N)(Cc1ccc(Cl)cc1)CC(F)(F)F. The van der Waals surface area contributed by atoms with E-state index in [-0.39, 0.29) is 6.42 Å². The van der Waals surface area contributed by atoms with Gasteiger partial charge in [-0.05, 0) is 38.5 Å². The molecule has 124 valence electrons. The first kappa shape index (κ1) is 18.8.